The van der Waals surface area contributed by atoms with Crippen molar-refractivity contribution in [1.82, 2.24) is 14.8 Å². The minimum absolute atomic E-state index is 0.558. The maximum absolute atomic E-state index is 10.3. The van der Waals surface area contributed by atoms with E-state index in [2.05, 4.69) is 10.1 Å². The van der Waals surface area contributed by atoms with Gasteiger partial charge in [0.05, 0.1) is 17.3 Å². The molecule has 0 aliphatic carbocycles. The van der Waals surface area contributed by atoms with Crippen LogP contribution in [0.3, 0.4) is 0 Å². The zero-order valence-corrected chi connectivity index (χ0v) is 6.86. The first kappa shape index (κ1) is 7.17. The van der Waals surface area contributed by atoms with E-state index in [-0.39, 0.29) is 0 Å². The van der Waals surface area contributed by atoms with Crippen LogP contribution in [0.2, 0.25) is 0 Å². The van der Waals surface area contributed by atoms with Crippen molar-refractivity contribution in [3.63, 3.8) is 0 Å². The standard InChI is InChI=1S/C7H5N3OS/c11-3-6-1-9-10(2-6)7-4-12-5-8-7/h1-5H. The van der Waals surface area contributed by atoms with Gasteiger partial charge in [-0.1, -0.05) is 0 Å². The number of thiazole rings is 1. The Morgan fingerprint density at radius 3 is 3.08 bits per heavy atom. The first-order valence-corrected chi connectivity index (χ1v) is 4.23. The first-order chi connectivity index (χ1) is 5.90. The fourth-order valence-electron chi connectivity index (χ4n) is 0.842. The summed E-state index contributed by atoms with van der Waals surface area (Å²) in [6.45, 7) is 0. The van der Waals surface area contributed by atoms with Crippen LogP contribution in [0.1, 0.15) is 10.4 Å². The average molecular weight is 179 g/mol. The Morgan fingerprint density at radius 1 is 1.58 bits per heavy atom. The van der Waals surface area contributed by atoms with Crippen molar-refractivity contribution in [2.24, 2.45) is 0 Å². The Hall–Kier alpha value is -1.49. The lowest BCUT2D eigenvalue weighted by Crippen LogP contribution is -1.92. The van der Waals surface area contributed by atoms with Crippen molar-refractivity contribution in [3.8, 4) is 5.82 Å². The van der Waals surface area contributed by atoms with Gasteiger partial charge in [0.2, 0.25) is 0 Å². The van der Waals surface area contributed by atoms with Gasteiger partial charge < -0.3 is 0 Å². The molecule has 0 N–H and O–H groups in total. The molecule has 60 valence electrons. The average Bonchev–Trinajstić information content (AvgIpc) is 2.75. The van der Waals surface area contributed by atoms with E-state index in [9.17, 15) is 4.79 Å². The molecule has 12 heavy (non-hydrogen) atoms. The smallest absolute Gasteiger partial charge is 0.164 e. The van der Waals surface area contributed by atoms with Gasteiger partial charge in [-0.3, -0.25) is 4.79 Å². The number of hydrogen-bond donors (Lipinski definition) is 0. The predicted octanol–water partition coefficient (Wildman–Crippen LogP) is 1.14. The molecule has 2 rings (SSSR count). The second kappa shape index (κ2) is 2.86. The molecular weight excluding hydrogens is 174 g/mol. The summed E-state index contributed by atoms with van der Waals surface area (Å²) in [4.78, 5) is 14.4. The van der Waals surface area contributed by atoms with Gasteiger partial charge in [-0.05, 0) is 0 Å². The molecule has 0 saturated heterocycles. The van der Waals surface area contributed by atoms with Crippen LogP contribution in [0, 0.1) is 0 Å². The van der Waals surface area contributed by atoms with Gasteiger partial charge in [-0.25, -0.2) is 9.67 Å². The summed E-state index contributed by atoms with van der Waals surface area (Å²) in [6.07, 6.45) is 3.91. The number of hydrogen-bond acceptors (Lipinski definition) is 4. The summed E-state index contributed by atoms with van der Waals surface area (Å²) in [5, 5.41) is 5.82. The van der Waals surface area contributed by atoms with Gasteiger partial charge in [0, 0.05) is 11.6 Å². The summed E-state index contributed by atoms with van der Waals surface area (Å²) in [6, 6.07) is 0. The van der Waals surface area contributed by atoms with Crippen molar-refractivity contribution >= 4 is 17.6 Å². The number of carbonyl (C=O) groups is 1. The molecule has 0 bridgehead atoms. The molecule has 0 aliphatic heterocycles. The van der Waals surface area contributed by atoms with Crippen molar-refractivity contribution < 1.29 is 4.79 Å². The van der Waals surface area contributed by atoms with Crippen LogP contribution in [0.25, 0.3) is 5.82 Å². The maximum Gasteiger partial charge on any atom is 0.164 e. The van der Waals surface area contributed by atoms with Gasteiger partial charge in [-0.15, -0.1) is 11.3 Å². The van der Waals surface area contributed by atoms with E-state index in [1.165, 1.54) is 17.5 Å². The van der Waals surface area contributed by atoms with Crippen molar-refractivity contribution in [2.75, 3.05) is 0 Å². The molecule has 0 fully saturated rings. The highest BCUT2D eigenvalue weighted by Gasteiger charge is 2.00. The lowest BCUT2D eigenvalue weighted by molar-refractivity contribution is 0.112. The molecule has 0 aliphatic rings. The number of nitrogens with zero attached hydrogens (tertiary/aromatic N) is 3. The van der Waals surface area contributed by atoms with E-state index in [0.717, 1.165) is 12.1 Å². The quantitative estimate of drug-likeness (QED) is 0.649. The Labute approximate surface area is 72.5 Å². The van der Waals surface area contributed by atoms with Gasteiger partial charge in [0.1, 0.15) is 0 Å². The molecule has 0 atom stereocenters. The van der Waals surface area contributed by atoms with Crippen LogP contribution in [0.4, 0.5) is 0 Å². The largest absolute Gasteiger partial charge is 0.298 e. The van der Waals surface area contributed by atoms with Crippen LogP contribution in [0.15, 0.2) is 23.3 Å². The van der Waals surface area contributed by atoms with Gasteiger partial charge in [0.25, 0.3) is 0 Å². The van der Waals surface area contributed by atoms with Crippen LogP contribution < -0.4 is 0 Å². The molecular formula is C7H5N3OS. The normalized spacial score (nSPS) is 10.0. The molecule has 2 aromatic heterocycles. The van der Waals surface area contributed by atoms with Gasteiger partial charge >= 0.3 is 0 Å². The zero-order valence-electron chi connectivity index (χ0n) is 6.04. The zero-order chi connectivity index (χ0) is 8.39. The Balaban J connectivity index is 2.41. The molecule has 4 nitrogen and oxygen atoms in total. The molecule has 0 amide bonds. The number of carbonyl (C=O) groups excluding carboxylic acids is 1. The van der Waals surface area contributed by atoms with Crippen LogP contribution in [-0.4, -0.2) is 21.1 Å². The van der Waals surface area contributed by atoms with Crippen LogP contribution >= 0.6 is 11.3 Å². The summed E-state index contributed by atoms with van der Waals surface area (Å²) in [5.41, 5.74) is 2.28. The Kier molecular flexibility index (Phi) is 1.71. The van der Waals surface area contributed by atoms with Crippen molar-refractivity contribution in [1.29, 1.82) is 0 Å². The number of aromatic nitrogens is 3. The van der Waals surface area contributed by atoms with E-state index in [4.69, 9.17) is 0 Å². The van der Waals surface area contributed by atoms with Crippen molar-refractivity contribution in [2.45, 2.75) is 0 Å². The van der Waals surface area contributed by atoms with E-state index in [0.29, 0.717) is 5.56 Å². The second-order valence-electron chi connectivity index (χ2n) is 2.18. The fraction of sp³-hybridized carbons (Fsp3) is 0. The third kappa shape index (κ3) is 1.14. The third-order valence-corrected chi connectivity index (χ3v) is 1.97. The van der Waals surface area contributed by atoms with E-state index in [1.54, 1.807) is 16.4 Å². The predicted molar refractivity (Wildman–Crippen MR) is 44.6 cm³/mol. The SMILES string of the molecule is O=Cc1cnn(-c2cscn2)c1. The molecule has 2 aromatic rings. The second-order valence-corrected chi connectivity index (χ2v) is 2.90. The maximum atomic E-state index is 10.3. The molecule has 0 aromatic carbocycles. The summed E-state index contributed by atoms with van der Waals surface area (Å²) in [5.74, 6) is 0.744. The van der Waals surface area contributed by atoms with E-state index < -0.39 is 0 Å². The molecule has 0 saturated carbocycles. The third-order valence-electron chi connectivity index (χ3n) is 1.39. The van der Waals surface area contributed by atoms with Gasteiger partial charge in [0.15, 0.2) is 12.1 Å². The Morgan fingerprint density at radius 2 is 2.50 bits per heavy atom. The summed E-state index contributed by atoms with van der Waals surface area (Å²) < 4.78 is 1.57. The van der Waals surface area contributed by atoms with E-state index in [1.807, 2.05) is 5.38 Å². The highest BCUT2D eigenvalue weighted by Crippen LogP contribution is 2.06. The molecule has 0 unspecified atom stereocenters. The lowest BCUT2D eigenvalue weighted by atomic mass is 10.4. The minimum atomic E-state index is 0.558. The lowest BCUT2D eigenvalue weighted by Gasteiger charge is -1.90. The Bertz CT molecular complexity index is 379. The number of rotatable bonds is 2. The molecule has 2 heterocycles. The monoisotopic (exact) mass is 179 g/mol. The topological polar surface area (TPSA) is 47.8 Å². The number of aldehydes is 1. The first-order valence-electron chi connectivity index (χ1n) is 3.28. The van der Waals surface area contributed by atoms with Gasteiger partial charge in [-0.2, -0.15) is 5.10 Å². The summed E-state index contributed by atoms with van der Waals surface area (Å²) in [7, 11) is 0. The molecule has 0 radical (unpaired) electrons. The van der Waals surface area contributed by atoms with Crippen molar-refractivity contribution in [3.05, 3.63) is 28.8 Å². The van der Waals surface area contributed by atoms with E-state index >= 15 is 0 Å². The highest BCUT2D eigenvalue weighted by molar-refractivity contribution is 7.07. The summed E-state index contributed by atoms with van der Waals surface area (Å²) >= 11 is 1.49. The fourth-order valence-corrected chi connectivity index (χ4v) is 1.36. The highest BCUT2D eigenvalue weighted by atomic mass is 32.1. The van der Waals surface area contributed by atoms with Crippen LogP contribution in [0.5, 0.6) is 0 Å². The van der Waals surface area contributed by atoms with Crippen LogP contribution in [-0.2, 0) is 0 Å². The molecule has 0 spiro atoms. The molecule has 5 heteroatoms. The minimum Gasteiger partial charge on any atom is -0.298 e.